The van der Waals surface area contributed by atoms with E-state index >= 15 is 0 Å². The molecule has 1 heterocycles. The molecule has 62 heavy (non-hydrogen) atoms. The van der Waals surface area contributed by atoms with Gasteiger partial charge < -0.3 is 9.32 Å². The Labute approximate surface area is 363 Å². The number of benzene rings is 9. The van der Waals surface area contributed by atoms with Gasteiger partial charge in [-0.3, -0.25) is 0 Å². The normalized spacial score (nSPS) is 14.1. The molecule has 0 amide bonds. The molecule has 12 rings (SSSR count). The minimum Gasteiger partial charge on any atom is -0.456 e. The maximum atomic E-state index is 6.32. The molecule has 0 unspecified atom stereocenters. The summed E-state index contributed by atoms with van der Waals surface area (Å²) < 4.78 is 6.32. The lowest BCUT2D eigenvalue weighted by atomic mass is 9.78. The van der Waals surface area contributed by atoms with E-state index in [1.165, 1.54) is 66.8 Å². The molecule has 0 saturated heterocycles. The number of para-hydroxylation sites is 3. The van der Waals surface area contributed by atoms with Crippen LogP contribution in [0.5, 0.6) is 0 Å². The summed E-state index contributed by atoms with van der Waals surface area (Å²) in [5, 5.41) is 2.28. The van der Waals surface area contributed by atoms with Crippen LogP contribution in [-0.2, 0) is 10.8 Å². The summed E-state index contributed by atoms with van der Waals surface area (Å²) in [6.07, 6.45) is 0. The number of hydrogen-bond acceptors (Lipinski definition) is 2. The molecule has 10 aromatic rings. The molecular weight excluding hydrogens is 751 g/mol. The van der Waals surface area contributed by atoms with E-state index in [1.807, 2.05) is 6.07 Å². The number of rotatable bonds is 6. The van der Waals surface area contributed by atoms with Crippen LogP contribution in [0.4, 0.5) is 17.1 Å². The van der Waals surface area contributed by atoms with Crippen molar-refractivity contribution in [2.24, 2.45) is 0 Å². The molecule has 296 valence electrons. The van der Waals surface area contributed by atoms with Gasteiger partial charge in [-0.1, -0.05) is 185 Å². The van der Waals surface area contributed by atoms with Crippen LogP contribution in [0.2, 0.25) is 0 Å². The van der Waals surface area contributed by atoms with Crippen LogP contribution in [0.15, 0.2) is 205 Å². The molecule has 9 aromatic carbocycles. The van der Waals surface area contributed by atoms with Crippen molar-refractivity contribution in [3.8, 4) is 55.6 Å². The largest absolute Gasteiger partial charge is 0.456 e. The van der Waals surface area contributed by atoms with Gasteiger partial charge in [-0.2, -0.15) is 0 Å². The highest BCUT2D eigenvalue weighted by molar-refractivity contribution is 6.12. The zero-order chi connectivity index (χ0) is 41.7. The molecule has 0 bridgehead atoms. The zero-order valence-corrected chi connectivity index (χ0v) is 35.4. The van der Waals surface area contributed by atoms with E-state index in [2.05, 4.69) is 227 Å². The molecule has 1 aromatic heterocycles. The lowest BCUT2D eigenvalue weighted by Gasteiger charge is -2.32. The molecule has 2 nitrogen and oxygen atoms in total. The first kappa shape index (κ1) is 36.4. The monoisotopic (exact) mass is 795 g/mol. The van der Waals surface area contributed by atoms with Gasteiger partial charge in [0.1, 0.15) is 11.2 Å². The molecule has 0 radical (unpaired) electrons. The van der Waals surface area contributed by atoms with Gasteiger partial charge in [0.2, 0.25) is 0 Å². The maximum Gasteiger partial charge on any atom is 0.136 e. The fourth-order valence-electron chi connectivity index (χ4n) is 11.0. The van der Waals surface area contributed by atoms with Crippen LogP contribution in [-0.4, -0.2) is 0 Å². The maximum absolute atomic E-state index is 6.32. The van der Waals surface area contributed by atoms with Gasteiger partial charge in [0.15, 0.2) is 0 Å². The van der Waals surface area contributed by atoms with Crippen molar-refractivity contribution in [2.75, 3.05) is 4.90 Å². The van der Waals surface area contributed by atoms with Gasteiger partial charge in [-0.05, 0) is 109 Å². The summed E-state index contributed by atoms with van der Waals surface area (Å²) in [6.45, 7) is 9.49. The lowest BCUT2D eigenvalue weighted by Crippen LogP contribution is -2.17. The second-order valence-corrected chi connectivity index (χ2v) is 18.0. The standard InChI is InChI=1S/C60H45NO/c1-59(2)50-25-10-5-18-43(50)45-36-33-39(37-52(45)59)41-17-7-12-27-53(41)61(40-34-31-38(32-35-40)42-22-16-30-56-57(42)49-21-9-14-29-55(49)62-56)54-28-13-8-20-46(54)48-24-15-23-47-44-19-6-11-26-51(44)60(3,4)58(47)48/h5-37H,1-4H3. The van der Waals surface area contributed by atoms with Gasteiger partial charge in [-0.15, -0.1) is 0 Å². The summed E-state index contributed by atoms with van der Waals surface area (Å²) in [7, 11) is 0. The van der Waals surface area contributed by atoms with Gasteiger partial charge in [0.05, 0.1) is 11.4 Å². The number of furan rings is 1. The summed E-state index contributed by atoms with van der Waals surface area (Å²) >= 11 is 0. The smallest absolute Gasteiger partial charge is 0.136 e. The second-order valence-electron chi connectivity index (χ2n) is 18.0. The van der Waals surface area contributed by atoms with Gasteiger partial charge >= 0.3 is 0 Å². The summed E-state index contributed by atoms with van der Waals surface area (Å²) in [5.74, 6) is 0. The molecule has 2 heteroatoms. The predicted octanol–water partition coefficient (Wildman–Crippen LogP) is 16.7. The van der Waals surface area contributed by atoms with E-state index < -0.39 is 0 Å². The van der Waals surface area contributed by atoms with Crippen molar-refractivity contribution in [1.29, 1.82) is 0 Å². The lowest BCUT2D eigenvalue weighted by molar-refractivity contribution is 0.660. The van der Waals surface area contributed by atoms with Crippen LogP contribution in [0.25, 0.3) is 77.6 Å². The molecular formula is C60H45NO. The van der Waals surface area contributed by atoms with Crippen molar-refractivity contribution < 1.29 is 4.42 Å². The molecule has 0 fully saturated rings. The molecule has 0 atom stereocenters. The third-order valence-corrected chi connectivity index (χ3v) is 13.9. The van der Waals surface area contributed by atoms with E-state index in [1.54, 1.807) is 0 Å². The average molecular weight is 796 g/mol. The number of fused-ring (bicyclic) bond motifs is 9. The summed E-state index contributed by atoms with van der Waals surface area (Å²) in [6, 6.07) is 73.6. The van der Waals surface area contributed by atoms with Crippen LogP contribution >= 0.6 is 0 Å². The Kier molecular flexibility index (Phi) is 7.96. The molecule has 0 aliphatic heterocycles. The Morgan fingerprint density at radius 1 is 0.355 bits per heavy atom. The Hall–Kier alpha value is -7.42. The number of nitrogens with zero attached hydrogens (tertiary/aromatic N) is 1. The summed E-state index contributed by atoms with van der Waals surface area (Å²) in [4.78, 5) is 2.49. The highest BCUT2D eigenvalue weighted by Gasteiger charge is 2.38. The van der Waals surface area contributed by atoms with E-state index in [-0.39, 0.29) is 10.8 Å². The minimum absolute atomic E-state index is 0.111. The third kappa shape index (κ3) is 5.29. The van der Waals surface area contributed by atoms with Gasteiger partial charge in [0.25, 0.3) is 0 Å². The Morgan fingerprint density at radius 3 is 1.61 bits per heavy atom. The summed E-state index contributed by atoms with van der Waals surface area (Å²) in [5.41, 5.74) is 22.8. The van der Waals surface area contributed by atoms with Crippen molar-refractivity contribution in [2.45, 2.75) is 38.5 Å². The first-order valence-corrected chi connectivity index (χ1v) is 21.8. The number of anilines is 3. The Morgan fingerprint density at radius 2 is 0.855 bits per heavy atom. The predicted molar refractivity (Wildman–Crippen MR) is 260 cm³/mol. The van der Waals surface area contributed by atoms with Crippen LogP contribution in [0.1, 0.15) is 49.9 Å². The van der Waals surface area contributed by atoms with Crippen molar-refractivity contribution in [3.63, 3.8) is 0 Å². The fraction of sp³-hybridized carbons (Fsp3) is 0.100. The Balaban J connectivity index is 1.07. The molecule has 2 aliphatic carbocycles. The SMILES string of the molecule is CC1(C)c2ccccc2-c2ccc(-c3ccccc3N(c3ccc(-c4cccc5oc6ccccc6c45)cc3)c3ccccc3-c3cccc4c3C(C)(C)c3ccccc3-4)cc21. The number of hydrogen-bond donors (Lipinski definition) is 0. The highest BCUT2D eigenvalue weighted by Crippen LogP contribution is 2.55. The van der Waals surface area contributed by atoms with Crippen molar-refractivity contribution in [3.05, 3.63) is 222 Å². The second kappa shape index (κ2) is 13.5. The Bertz CT molecular complexity index is 3420. The third-order valence-electron chi connectivity index (χ3n) is 13.9. The quantitative estimate of drug-likeness (QED) is 0.167. The van der Waals surface area contributed by atoms with Crippen LogP contribution in [0.3, 0.4) is 0 Å². The van der Waals surface area contributed by atoms with Crippen molar-refractivity contribution in [1.82, 2.24) is 0 Å². The van der Waals surface area contributed by atoms with Crippen LogP contribution in [0, 0.1) is 0 Å². The topological polar surface area (TPSA) is 16.4 Å². The van der Waals surface area contributed by atoms with E-state index in [4.69, 9.17) is 4.42 Å². The molecule has 2 aliphatic rings. The van der Waals surface area contributed by atoms with E-state index in [0.29, 0.717) is 0 Å². The molecule has 0 spiro atoms. The van der Waals surface area contributed by atoms with Gasteiger partial charge in [-0.25, -0.2) is 0 Å². The van der Waals surface area contributed by atoms with Crippen molar-refractivity contribution >= 4 is 39.0 Å². The highest BCUT2D eigenvalue weighted by atomic mass is 16.3. The molecule has 0 saturated carbocycles. The molecule has 0 N–H and O–H groups in total. The zero-order valence-electron chi connectivity index (χ0n) is 35.4. The average Bonchev–Trinajstić information content (AvgIpc) is 3.89. The first-order valence-electron chi connectivity index (χ1n) is 21.8. The van der Waals surface area contributed by atoms with Gasteiger partial charge in [0, 0.05) is 38.4 Å². The van der Waals surface area contributed by atoms with E-state index in [9.17, 15) is 0 Å². The first-order chi connectivity index (χ1) is 30.3. The fourth-order valence-corrected chi connectivity index (χ4v) is 11.0. The minimum atomic E-state index is -0.174. The van der Waals surface area contributed by atoms with Crippen LogP contribution < -0.4 is 4.90 Å². The van der Waals surface area contributed by atoms with E-state index in [0.717, 1.165) is 50.1 Å².